The Hall–Kier alpha value is -1.34. The molecule has 4 nitrogen and oxygen atoms in total. The van der Waals surface area contributed by atoms with Crippen LogP contribution in [0.5, 0.6) is 0 Å². The van der Waals surface area contributed by atoms with Crippen molar-refractivity contribution in [1.82, 2.24) is 9.97 Å². The van der Waals surface area contributed by atoms with E-state index >= 15 is 0 Å². The summed E-state index contributed by atoms with van der Waals surface area (Å²) in [6, 6.07) is 4.95. The van der Waals surface area contributed by atoms with Crippen LogP contribution in [0.4, 0.5) is 5.69 Å². The first kappa shape index (κ1) is 17.5. The number of anilines is 1. The molecule has 3 rings (SSSR count). The van der Waals surface area contributed by atoms with Crippen molar-refractivity contribution in [2.75, 3.05) is 11.1 Å². The number of thioether (sulfide) groups is 1. The molecule has 0 atom stereocenters. The molecular formula is C16H13Cl2N3OS2. The average molecular weight is 398 g/mol. The lowest BCUT2D eigenvalue weighted by atomic mass is 10.2. The van der Waals surface area contributed by atoms with Crippen molar-refractivity contribution in [3.8, 4) is 0 Å². The van der Waals surface area contributed by atoms with Gasteiger partial charge >= 0.3 is 0 Å². The van der Waals surface area contributed by atoms with Gasteiger partial charge < -0.3 is 5.32 Å². The van der Waals surface area contributed by atoms with Gasteiger partial charge in [0.15, 0.2) is 0 Å². The molecule has 2 aromatic heterocycles. The van der Waals surface area contributed by atoms with Gasteiger partial charge in [-0.05, 0) is 37.6 Å². The zero-order chi connectivity index (χ0) is 17.3. The molecule has 0 aliphatic carbocycles. The van der Waals surface area contributed by atoms with Crippen LogP contribution in [0.1, 0.15) is 10.4 Å². The average Bonchev–Trinajstić information content (AvgIpc) is 2.84. The minimum Gasteiger partial charge on any atom is -0.324 e. The highest BCUT2D eigenvalue weighted by Crippen LogP contribution is 2.34. The molecule has 0 saturated carbocycles. The van der Waals surface area contributed by atoms with Crippen molar-refractivity contribution < 1.29 is 4.79 Å². The first-order valence-electron chi connectivity index (χ1n) is 7.04. The molecule has 24 heavy (non-hydrogen) atoms. The quantitative estimate of drug-likeness (QED) is 0.476. The van der Waals surface area contributed by atoms with Gasteiger partial charge in [-0.15, -0.1) is 11.3 Å². The van der Waals surface area contributed by atoms with Crippen molar-refractivity contribution in [3.05, 3.63) is 45.0 Å². The molecule has 1 aromatic carbocycles. The fraction of sp³-hybridized carbons (Fsp3) is 0.188. The van der Waals surface area contributed by atoms with Gasteiger partial charge in [0.2, 0.25) is 5.91 Å². The van der Waals surface area contributed by atoms with Crippen LogP contribution in [0, 0.1) is 13.8 Å². The Morgan fingerprint density at radius 2 is 2.08 bits per heavy atom. The maximum absolute atomic E-state index is 12.2. The molecule has 124 valence electrons. The summed E-state index contributed by atoms with van der Waals surface area (Å²) in [4.78, 5) is 23.0. The SMILES string of the molecule is Cc1sc2ncnc(SCC(=O)Nc3cc(Cl)ccc3Cl)c2c1C. The molecule has 3 aromatic rings. The molecule has 0 spiro atoms. The van der Waals surface area contributed by atoms with E-state index in [-0.39, 0.29) is 11.7 Å². The van der Waals surface area contributed by atoms with Crippen LogP contribution in [0.3, 0.4) is 0 Å². The first-order valence-corrected chi connectivity index (χ1v) is 9.60. The normalized spacial score (nSPS) is 11.0. The second kappa shape index (κ2) is 7.27. The fourth-order valence-electron chi connectivity index (χ4n) is 2.17. The lowest BCUT2D eigenvalue weighted by Gasteiger charge is -2.08. The third-order valence-corrected chi connectivity index (χ3v) is 6.14. The highest BCUT2D eigenvalue weighted by Gasteiger charge is 2.14. The third-order valence-electron chi connectivity index (χ3n) is 3.47. The molecule has 0 saturated heterocycles. The number of aromatic nitrogens is 2. The molecular weight excluding hydrogens is 385 g/mol. The van der Waals surface area contributed by atoms with Gasteiger partial charge in [0.1, 0.15) is 16.2 Å². The maximum Gasteiger partial charge on any atom is 0.234 e. The number of carbonyl (C=O) groups is 1. The highest BCUT2D eigenvalue weighted by molar-refractivity contribution is 8.00. The number of nitrogens with one attached hydrogen (secondary N) is 1. The summed E-state index contributed by atoms with van der Waals surface area (Å²) in [7, 11) is 0. The monoisotopic (exact) mass is 397 g/mol. The van der Waals surface area contributed by atoms with E-state index in [1.807, 2.05) is 6.92 Å². The van der Waals surface area contributed by atoms with Gasteiger partial charge in [-0.3, -0.25) is 4.79 Å². The van der Waals surface area contributed by atoms with Crippen molar-refractivity contribution in [1.29, 1.82) is 0 Å². The van der Waals surface area contributed by atoms with Crippen molar-refractivity contribution in [3.63, 3.8) is 0 Å². The van der Waals surface area contributed by atoms with E-state index in [4.69, 9.17) is 23.2 Å². The van der Waals surface area contributed by atoms with Gasteiger partial charge in [-0.1, -0.05) is 35.0 Å². The number of halogens is 2. The summed E-state index contributed by atoms with van der Waals surface area (Å²) in [6.45, 7) is 4.11. The van der Waals surface area contributed by atoms with Crippen LogP contribution in [-0.2, 0) is 4.79 Å². The van der Waals surface area contributed by atoms with Gasteiger partial charge in [0.25, 0.3) is 0 Å². The summed E-state index contributed by atoms with van der Waals surface area (Å²) in [5, 5.41) is 5.58. The van der Waals surface area contributed by atoms with E-state index in [0.29, 0.717) is 15.7 Å². The molecule has 1 N–H and O–H groups in total. The Morgan fingerprint density at radius 1 is 1.29 bits per heavy atom. The first-order chi connectivity index (χ1) is 11.5. The van der Waals surface area contributed by atoms with Crippen molar-refractivity contribution in [2.45, 2.75) is 18.9 Å². The largest absolute Gasteiger partial charge is 0.324 e. The van der Waals surface area contributed by atoms with E-state index in [1.165, 1.54) is 23.0 Å². The molecule has 0 bridgehead atoms. The van der Waals surface area contributed by atoms with E-state index in [1.54, 1.807) is 29.5 Å². The number of amides is 1. The summed E-state index contributed by atoms with van der Waals surface area (Å²) in [6.07, 6.45) is 1.53. The minimum absolute atomic E-state index is 0.166. The van der Waals surface area contributed by atoms with Crippen molar-refractivity contribution in [2.24, 2.45) is 0 Å². The van der Waals surface area contributed by atoms with Crippen LogP contribution in [-0.4, -0.2) is 21.6 Å². The van der Waals surface area contributed by atoms with E-state index in [2.05, 4.69) is 22.2 Å². The van der Waals surface area contributed by atoms with Gasteiger partial charge in [-0.2, -0.15) is 0 Å². The number of hydrogen-bond acceptors (Lipinski definition) is 5. The Kier molecular flexibility index (Phi) is 5.30. The third kappa shape index (κ3) is 3.67. The van der Waals surface area contributed by atoms with Crippen LogP contribution in [0.15, 0.2) is 29.6 Å². The molecule has 1 amide bonds. The summed E-state index contributed by atoms with van der Waals surface area (Å²) >= 11 is 15.0. The van der Waals surface area contributed by atoms with Crippen LogP contribution in [0.2, 0.25) is 10.0 Å². The van der Waals surface area contributed by atoms with Crippen molar-refractivity contribution >= 4 is 68.1 Å². The van der Waals surface area contributed by atoms with E-state index in [0.717, 1.165) is 20.8 Å². The zero-order valence-corrected chi connectivity index (χ0v) is 16.0. The van der Waals surface area contributed by atoms with Gasteiger partial charge in [-0.25, -0.2) is 9.97 Å². The summed E-state index contributed by atoms with van der Waals surface area (Å²) < 4.78 is 0. The van der Waals surface area contributed by atoms with E-state index < -0.39 is 0 Å². The number of rotatable bonds is 4. The number of hydrogen-bond donors (Lipinski definition) is 1. The number of thiophene rings is 1. The smallest absolute Gasteiger partial charge is 0.234 e. The second-order valence-corrected chi connectivity index (χ2v) is 8.11. The maximum atomic E-state index is 12.2. The predicted molar refractivity (Wildman–Crippen MR) is 103 cm³/mol. The van der Waals surface area contributed by atoms with Crippen LogP contribution >= 0.6 is 46.3 Å². The molecule has 0 radical (unpaired) electrons. The van der Waals surface area contributed by atoms with Crippen LogP contribution in [0.25, 0.3) is 10.2 Å². The second-order valence-electron chi connectivity index (χ2n) is 5.10. The number of fused-ring (bicyclic) bond motifs is 1. The molecule has 0 aliphatic rings. The number of nitrogens with zero attached hydrogens (tertiary/aromatic N) is 2. The minimum atomic E-state index is -0.166. The Bertz CT molecular complexity index is 927. The number of benzene rings is 1. The van der Waals surface area contributed by atoms with Gasteiger partial charge in [0, 0.05) is 15.3 Å². The molecule has 0 fully saturated rings. The molecule has 0 aliphatic heterocycles. The Morgan fingerprint density at radius 3 is 2.88 bits per heavy atom. The Balaban J connectivity index is 1.74. The lowest BCUT2D eigenvalue weighted by molar-refractivity contribution is -0.113. The predicted octanol–water partition coefficient (Wildman–Crippen LogP) is 5.35. The number of carbonyl (C=O) groups excluding carboxylic acids is 1. The molecule has 2 heterocycles. The highest BCUT2D eigenvalue weighted by atomic mass is 35.5. The Labute approximate surface area is 157 Å². The molecule has 8 heteroatoms. The van der Waals surface area contributed by atoms with Crippen LogP contribution < -0.4 is 5.32 Å². The molecule has 0 unspecified atom stereocenters. The standard InChI is InChI=1S/C16H13Cl2N3OS2/c1-8-9(2)24-16-14(8)15(19-7-20-16)23-6-13(22)21-12-5-10(17)3-4-11(12)18/h3-5,7H,6H2,1-2H3,(H,21,22). The summed E-state index contributed by atoms with van der Waals surface area (Å²) in [5.74, 6) is 0.0593. The van der Waals surface area contributed by atoms with E-state index in [9.17, 15) is 4.79 Å². The zero-order valence-electron chi connectivity index (χ0n) is 12.9. The lowest BCUT2D eigenvalue weighted by Crippen LogP contribution is -2.14. The fourth-order valence-corrected chi connectivity index (χ4v) is 4.43. The summed E-state index contributed by atoms with van der Waals surface area (Å²) in [5.41, 5.74) is 1.67. The topological polar surface area (TPSA) is 54.9 Å². The number of aryl methyl sites for hydroxylation is 2. The van der Waals surface area contributed by atoms with Gasteiger partial charge in [0.05, 0.1) is 16.5 Å².